The Morgan fingerprint density at radius 3 is 2.60 bits per heavy atom. The molecule has 2 nitrogen and oxygen atoms in total. The predicted molar refractivity (Wildman–Crippen MR) is 59.9 cm³/mol. The molecule has 0 heterocycles. The lowest BCUT2D eigenvalue weighted by Gasteiger charge is -1.99. The minimum absolute atomic E-state index is 0.0180. The fourth-order valence-corrected chi connectivity index (χ4v) is 2.60. The molecule has 0 aromatic heterocycles. The maximum Gasteiger partial charge on any atom is 0.404 e. The van der Waals surface area contributed by atoms with Crippen molar-refractivity contribution in [3.63, 3.8) is 0 Å². The molecular weight excluding hydrogens is 212 g/mol. The Bertz CT molecular complexity index is 299. The minimum atomic E-state index is -0.680. The van der Waals surface area contributed by atoms with Crippen LogP contribution in [-0.2, 0) is 4.74 Å². The first-order chi connectivity index (χ1) is 7.01. The average Bonchev–Trinajstić information content (AvgIpc) is 2.58. The van der Waals surface area contributed by atoms with Crippen molar-refractivity contribution >= 4 is 17.0 Å². The molecule has 15 heavy (non-hydrogen) atoms. The van der Waals surface area contributed by atoms with E-state index >= 15 is 0 Å². The summed E-state index contributed by atoms with van der Waals surface area (Å²) < 4.78 is 5.08. The molecule has 0 aromatic rings. The third-order valence-corrected chi connectivity index (χ3v) is 3.78. The summed E-state index contributed by atoms with van der Waals surface area (Å²) in [5.41, 5.74) is 0.918. The Hall–Kier alpha value is -0.500. The molecule has 0 aromatic carbocycles. The van der Waals surface area contributed by atoms with Gasteiger partial charge in [-0.05, 0) is 25.7 Å². The van der Waals surface area contributed by atoms with Gasteiger partial charge in [-0.1, -0.05) is 25.5 Å². The van der Waals surface area contributed by atoms with Gasteiger partial charge in [0.05, 0.1) is 0 Å². The molecule has 0 saturated heterocycles. The van der Waals surface area contributed by atoms with Gasteiger partial charge in [0.25, 0.3) is 0 Å². The van der Waals surface area contributed by atoms with Crippen LogP contribution in [-0.4, -0.2) is 11.5 Å². The second-order valence-corrected chi connectivity index (χ2v) is 5.46. The van der Waals surface area contributed by atoms with Crippen molar-refractivity contribution in [1.82, 2.24) is 0 Å². The Kier molecular flexibility index (Phi) is 2.80. The molecular formula is C12H17ClO2. The fourth-order valence-electron chi connectivity index (χ4n) is 2.51. The number of carbonyl (C=O) groups is 1. The van der Waals surface area contributed by atoms with Gasteiger partial charge in [-0.3, -0.25) is 0 Å². The normalized spacial score (nSPS) is 32.6. The fraction of sp³-hybridized carbons (Fsp3) is 0.750. The van der Waals surface area contributed by atoms with Crippen LogP contribution in [0.1, 0.15) is 39.5 Å². The van der Waals surface area contributed by atoms with Gasteiger partial charge < -0.3 is 4.74 Å². The summed E-state index contributed by atoms with van der Waals surface area (Å²) in [7, 11) is 0. The standard InChI is InChI=1S/C12H17ClO2/c1-12(2)9(10(12)15-11(13)14)7-8-5-3-4-6-8/h7,9-10H,3-6H2,1-2H3. The molecule has 84 valence electrons. The summed E-state index contributed by atoms with van der Waals surface area (Å²) in [5.74, 6) is 0.369. The van der Waals surface area contributed by atoms with Gasteiger partial charge in [0.2, 0.25) is 0 Å². The largest absolute Gasteiger partial charge is 0.449 e. The number of hydrogen-bond donors (Lipinski definition) is 0. The van der Waals surface area contributed by atoms with Crippen molar-refractivity contribution in [3.05, 3.63) is 11.6 Å². The maximum absolute atomic E-state index is 10.7. The zero-order valence-corrected chi connectivity index (χ0v) is 10.0. The molecule has 2 unspecified atom stereocenters. The van der Waals surface area contributed by atoms with E-state index in [1.165, 1.54) is 31.3 Å². The first-order valence-corrected chi connectivity index (χ1v) is 5.95. The molecule has 3 heteroatoms. The van der Waals surface area contributed by atoms with Crippen molar-refractivity contribution < 1.29 is 9.53 Å². The van der Waals surface area contributed by atoms with Crippen molar-refractivity contribution in [2.75, 3.05) is 0 Å². The monoisotopic (exact) mass is 228 g/mol. The minimum Gasteiger partial charge on any atom is -0.449 e. The first kappa shape index (κ1) is 11.0. The second-order valence-electron chi connectivity index (χ2n) is 5.16. The number of ether oxygens (including phenoxy) is 1. The van der Waals surface area contributed by atoms with Crippen LogP contribution in [0.15, 0.2) is 11.6 Å². The molecule has 2 fully saturated rings. The number of hydrogen-bond acceptors (Lipinski definition) is 2. The predicted octanol–water partition coefficient (Wildman–Crippen LogP) is 3.89. The lowest BCUT2D eigenvalue weighted by molar-refractivity contribution is 0.150. The molecule has 2 aliphatic rings. The number of rotatable bonds is 2. The van der Waals surface area contributed by atoms with Gasteiger partial charge >= 0.3 is 5.43 Å². The Labute approximate surface area is 95.6 Å². The molecule has 2 atom stereocenters. The van der Waals surface area contributed by atoms with Crippen LogP contribution >= 0.6 is 11.6 Å². The Morgan fingerprint density at radius 1 is 1.47 bits per heavy atom. The van der Waals surface area contributed by atoms with E-state index < -0.39 is 5.43 Å². The third kappa shape index (κ3) is 2.20. The van der Waals surface area contributed by atoms with Crippen LogP contribution in [0.4, 0.5) is 4.79 Å². The van der Waals surface area contributed by atoms with Crippen LogP contribution in [0, 0.1) is 11.3 Å². The molecule has 0 aliphatic heterocycles. The van der Waals surface area contributed by atoms with Crippen LogP contribution < -0.4 is 0 Å². The molecule has 0 N–H and O–H groups in total. The first-order valence-electron chi connectivity index (χ1n) is 5.57. The highest BCUT2D eigenvalue weighted by Crippen LogP contribution is 2.56. The van der Waals surface area contributed by atoms with E-state index in [0.717, 1.165) is 0 Å². The van der Waals surface area contributed by atoms with E-state index in [0.29, 0.717) is 5.92 Å². The number of allylic oxidation sites excluding steroid dienone is 1. The Morgan fingerprint density at radius 2 is 2.07 bits per heavy atom. The van der Waals surface area contributed by atoms with Crippen LogP contribution in [0.25, 0.3) is 0 Å². The molecule has 0 bridgehead atoms. The zero-order chi connectivity index (χ0) is 11.1. The summed E-state index contributed by atoms with van der Waals surface area (Å²) in [6.45, 7) is 4.24. The highest BCUT2D eigenvalue weighted by Gasteiger charge is 2.59. The van der Waals surface area contributed by atoms with Crippen LogP contribution in [0.3, 0.4) is 0 Å². The summed E-state index contributed by atoms with van der Waals surface area (Å²) in [6.07, 6.45) is 7.33. The topological polar surface area (TPSA) is 26.3 Å². The van der Waals surface area contributed by atoms with E-state index in [4.69, 9.17) is 16.3 Å². The van der Waals surface area contributed by atoms with Gasteiger partial charge in [-0.2, -0.15) is 0 Å². The van der Waals surface area contributed by atoms with E-state index in [9.17, 15) is 4.79 Å². The molecule has 0 amide bonds. The number of halogens is 1. The molecule has 0 radical (unpaired) electrons. The summed E-state index contributed by atoms with van der Waals surface area (Å²) in [4.78, 5) is 10.7. The van der Waals surface area contributed by atoms with E-state index in [1.807, 2.05) is 0 Å². The second kappa shape index (κ2) is 3.82. The summed E-state index contributed by atoms with van der Waals surface area (Å²) in [6, 6.07) is 0. The van der Waals surface area contributed by atoms with E-state index in [-0.39, 0.29) is 11.5 Å². The quantitative estimate of drug-likeness (QED) is 0.530. The van der Waals surface area contributed by atoms with Gasteiger partial charge in [-0.15, -0.1) is 0 Å². The third-order valence-electron chi connectivity index (χ3n) is 3.69. The van der Waals surface area contributed by atoms with Crippen molar-refractivity contribution in [3.8, 4) is 0 Å². The van der Waals surface area contributed by atoms with E-state index in [2.05, 4.69) is 19.9 Å². The molecule has 2 aliphatic carbocycles. The number of carbonyl (C=O) groups excluding carboxylic acids is 1. The van der Waals surface area contributed by atoms with Gasteiger partial charge in [0, 0.05) is 22.9 Å². The van der Waals surface area contributed by atoms with Crippen molar-refractivity contribution in [2.24, 2.45) is 11.3 Å². The lowest BCUT2D eigenvalue weighted by atomic mass is 10.1. The van der Waals surface area contributed by atoms with Crippen LogP contribution in [0.5, 0.6) is 0 Å². The van der Waals surface area contributed by atoms with Crippen LogP contribution in [0.2, 0.25) is 0 Å². The lowest BCUT2D eigenvalue weighted by Crippen LogP contribution is -2.03. The molecule has 0 spiro atoms. The highest BCUT2D eigenvalue weighted by atomic mass is 35.5. The highest BCUT2D eigenvalue weighted by molar-refractivity contribution is 6.61. The Balaban J connectivity index is 1.99. The van der Waals surface area contributed by atoms with E-state index in [1.54, 1.807) is 0 Å². The molecule has 2 saturated carbocycles. The average molecular weight is 229 g/mol. The smallest absolute Gasteiger partial charge is 0.404 e. The SMILES string of the molecule is CC1(C)C(C=C2CCCC2)C1OC(=O)Cl. The van der Waals surface area contributed by atoms with Gasteiger partial charge in [-0.25, -0.2) is 4.79 Å². The summed E-state index contributed by atoms with van der Waals surface area (Å²) in [5, 5.41) is 0. The maximum atomic E-state index is 10.7. The van der Waals surface area contributed by atoms with Crippen molar-refractivity contribution in [1.29, 1.82) is 0 Å². The van der Waals surface area contributed by atoms with Gasteiger partial charge in [0.1, 0.15) is 6.10 Å². The molecule has 2 rings (SSSR count). The van der Waals surface area contributed by atoms with Gasteiger partial charge in [0.15, 0.2) is 0 Å². The van der Waals surface area contributed by atoms with Crippen molar-refractivity contribution in [2.45, 2.75) is 45.6 Å². The summed E-state index contributed by atoms with van der Waals surface area (Å²) >= 11 is 5.24. The zero-order valence-electron chi connectivity index (χ0n) is 9.25.